The van der Waals surface area contributed by atoms with Crippen LogP contribution in [0.15, 0.2) is 36.5 Å². The van der Waals surface area contributed by atoms with Gasteiger partial charge in [0.05, 0.1) is 31.7 Å². The van der Waals surface area contributed by atoms with Crippen molar-refractivity contribution < 1.29 is 57.6 Å². The molecule has 0 radical (unpaired) electrons. The average molecular weight is 731 g/mol. The molecule has 0 amide bonds. The second-order valence-electron chi connectivity index (χ2n) is 18.3. The number of hydrogen-bond donors (Lipinski definition) is 1. The van der Waals surface area contributed by atoms with E-state index in [1.807, 2.05) is 6.92 Å². The Labute approximate surface area is 307 Å². The predicted molar refractivity (Wildman–Crippen MR) is 181 cm³/mol. The molecule has 0 aromatic heterocycles. The van der Waals surface area contributed by atoms with E-state index in [4.69, 9.17) is 18.9 Å². The molecule has 14 atom stereocenters. The minimum atomic E-state index is -1.39. The summed E-state index contributed by atoms with van der Waals surface area (Å²) in [5.41, 5.74) is -6.60. The van der Waals surface area contributed by atoms with Gasteiger partial charge in [-0.2, -0.15) is 0 Å². The number of hydrogen-bond acceptors (Lipinski definition) is 12. The summed E-state index contributed by atoms with van der Waals surface area (Å²) in [5, 5.41) is 11.0. The van der Waals surface area contributed by atoms with Crippen LogP contribution in [-0.4, -0.2) is 77.4 Å². The Morgan fingerprint density at radius 3 is 1.74 bits per heavy atom. The lowest BCUT2D eigenvalue weighted by molar-refractivity contribution is -0.164. The molecule has 0 aromatic carbocycles. The lowest BCUT2D eigenvalue weighted by Crippen LogP contribution is -2.49. The number of methoxy groups -OCH3 is 2. The van der Waals surface area contributed by atoms with Crippen LogP contribution < -0.4 is 0 Å². The molecule has 12 heteroatoms. The summed E-state index contributed by atoms with van der Waals surface area (Å²) in [6.45, 7) is 9.29. The minimum absolute atomic E-state index is 0.139. The molecule has 10 aliphatic rings. The number of carbonyl (C=O) groups excluding carboxylic acids is 7. The van der Waals surface area contributed by atoms with Crippen molar-refractivity contribution in [2.24, 2.45) is 62.6 Å². The SMILES string of the molecule is C=C1C[C@]23C[C@@]1(O)CC[C@H]2[C@@]12C=CC(=O)[C@@](C)(C(=O)O1)[C@H]2[C@@H]3C(=O)OC.CC[C@@]12CC[C@@H]3[C@@](CC1=O)(C2)[C@@H](C(=O)OC)[C@@H]1[C@@]2(C)C(=O)C=C[C@]13OC2=O. The van der Waals surface area contributed by atoms with Gasteiger partial charge in [-0.1, -0.05) is 13.5 Å². The lowest BCUT2D eigenvalue weighted by Gasteiger charge is -2.45. The number of allylic oxidation sites excluding steroid dienone is 2. The third kappa shape index (κ3) is 3.49. The largest absolute Gasteiger partial charge is 0.469 e. The van der Waals surface area contributed by atoms with Crippen LogP contribution in [0.4, 0.5) is 0 Å². The Balaban J connectivity index is 0.000000141. The first-order valence-electron chi connectivity index (χ1n) is 18.9. The van der Waals surface area contributed by atoms with Gasteiger partial charge < -0.3 is 24.1 Å². The number of aliphatic hydroxyl groups is 1. The van der Waals surface area contributed by atoms with Gasteiger partial charge in [0.1, 0.15) is 27.8 Å². The Bertz CT molecular complexity index is 1950. The van der Waals surface area contributed by atoms with Gasteiger partial charge in [0, 0.05) is 35.5 Å². The monoisotopic (exact) mass is 730 g/mol. The van der Waals surface area contributed by atoms with E-state index >= 15 is 0 Å². The van der Waals surface area contributed by atoms with E-state index in [0.29, 0.717) is 44.9 Å². The number of rotatable bonds is 3. The van der Waals surface area contributed by atoms with E-state index in [1.165, 1.54) is 26.4 Å². The molecule has 8 bridgehead atoms. The molecule has 282 valence electrons. The summed E-state index contributed by atoms with van der Waals surface area (Å²) >= 11 is 0. The van der Waals surface area contributed by atoms with Crippen LogP contribution in [-0.2, 0) is 52.5 Å². The van der Waals surface area contributed by atoms with Crippen LogP contribution in [0.2, 0.25) is 0 Å². The summed E-state index contributed by atoms with van der Waals surface area (Å²) in [6.07, 6.45) is 11.5. The summed E-state index contributed by atoms with van der Waals surface area (Å²) in [4.78, 5) is 90.1. The minimum Gasteiger partial charge on any atom is -0.469 e. The maximum atomic E-state index is 13.1. The van der Waals surface area contributed by atoms with E-state index in [-0.39, 0.29) is 29.2 Å². The van der Waals surface area contributed by atoms with Gasteiger partial charge in [-0.05, 0) is 106 Å². The summed E-state index contributed by atoms with van der Waals surface area (Å²) < 4.78 is 22.2. The van der Waals surface area contributed by atoms with Crippen LogP contribution in [0.3, 0.4) is 0 Å². The second-order valence-corrected chi connectivity index (χ2v) is 18.3. The van der Waals surface area contributed by atoms with Gasteiger partial charge in [-0.25, -0.2) is 0 Å². The van der Waals surface area contributed by atoms with Crippen LogP contribution in [0, 0.1) is 62.6 Å². The van der Waals surface area contributed by atoms with Crippen molar-refractivity contribution in [3.05, 3.63) is 36.5 Å². The van der Waals surface area contributed by atoms with Gasteiger partial charge in [0.2, 0.25) is 0 Å². The molecule has 2 aliphatic heterocycles. The summed E-state index contributed by atoms with van der Waals surface area (Å²) in [6, 6.07) is 0. The fraction of sp³-hybridized carbons (Fsp3) is 0.683. The van der Waals surface area contributed by atoms with Crippen molar-refractivity contribution in [2.75, 3.05) is 14.2 Å². The maximum absolute atomic E-state index is 13.1. The van der Waals surface area contributed by atoms with Gasteiger partial charge in [-0.15, -0.1) is 0 Å². The molecule has 2 spiro atoms. The van der Waals surface area contributed by atoms with Crippen molar-refractivity contribution in [3.63, 3.8) is 0 Å². The van der Waals surface area contributed by atoms with Crippen LogP contribution in [0.1, 0.15) is 78.6 Å². The van der Waals surface area contributed by atoms with Gasteiger partial charge in [-0.3, -0.25) is 33.6 Å². The van der Waals surface area contributed by atoms with Gasteiger partial charge in [0.15, 0.2) is 11.6 Å². The zero-order valence-corrected chi connectivity index (χ0v) is 30.8. The van der Waals surface area contributed by atoms with Crippen molar-refractivity contribution in [1.82, 2.24) is 0 Å². The normalized spacial score (nSPS) is 52.6. The molecule has 0 unspecified atom stereocenters. The van der Waals surface area contributed by atoms with E-state index in [0.717, 1.165) is 18.4 Å². The second kappa shape index (κ2) is 10.0. The molecule has 53 heavy (non-hydrogen) atoms. The average Bonchev–Trinajstić information content (AvgIpc) is 3.77. The number of ketones is 3. The highest BCUT2D eigenvalue weighted by atomic mass is 16.6. The molecule has 0 aromatic rings. The highest BCUT2D eigenvalue weighted by Crippen LogP contribution is 2.79. The standard InChI is InChI=1S/C21H24O6.C20H22O6/c1-4-19-7-5-11-20(10-19,9-13(19)23)14(16(24)26-3)15-18(2)12(22)6-8-21(11,15)27-17(18)25;1-10-8-18-9-19(10,24)6-4-11(18)20-7-5-12(21)17(2,16(23)26-20)14(20)13(18)15(22)25-3/h6,8,11,14-15H,4-5,7,9-10H2,1-3H3;5,7,11,13-14,24H,1,4,6,8-9H2,2-3H3/t11-,14-,15-,18-,19+,20-,21-;11-,13-,14-,17-,18+,19+,20-/m11/s1. The summed E-state index contributed by atoms with van der Waals surface area (Å²) in [7, 11) is 2.66. The smallest absolute Gasteiger partial charge is 0.321 e. The van der Waals surface area contributed by atoms with Crippen LogP contribution in [0.25, 0.3) is 0 Å². The van der Waals surface area contributed by atoms with E-state index in [2.05, 4.69) is 6.58 Å². The van der Waals surface area contributed by atoms with Crippen LogP contribution in [0.5, 0.6) is 0 Å². The first-order valence-corrected chi connectivity index (χ1v) is 18.9. The molecule has 12 nitrogen and oxygen atoms in total. The molecule has 8 aliphatic carbocycles. The van der Waals surface area contributed by atoms with Crippen molar-refractivity contribution in [1.29, 1.82) is 0 Å². The Morgan fingerprint density at radius 1 is 0.792 bits per heavy atom. The Kier molecular flexibility index (Phi) is 6.59. The molecular weight excluding hydrogens is 684 g/mol. The fourth-order valence-corrected chi connectivity index (χ4v) is 14.7. The molecule has 1 N–H and O–H groups in total. The quantitative estimate of drug-likeness (QED) is 0.194. The number of Topliss-reactive ketones (excluding diaryl/α,β-unsaturated/α-hetero) is 1. The zero-order valence-electron chi connectivity index (χ0n) is 30.8. The number of carbonyl (C=O) groups is 7. The highest BCUT2D eigenvalue weighted by molar-refractivity contribution is 6.14. The topological polar surface area (TPSA) is 177 Å². The predicted octanol–water partition coefficient (Wildman–Crippen LogP) is 3.33. The van der Waals surface area contributed by atoms with Gasteiger partial charge in [0.25, 0.3) is 0 Å². The molecular formula is C41H46O12. The fourth-order valence-electron chi connectivity index (χ4n) is 14.7. The van der Waals surface area contributed by atoms with E-state index in [9.17, 15) is 38.7 Å². The molecule has 2 heterocycles. The number of fused-ring (bicyclic) bond motifs is 2. The van der Waals surface area contributed by atoms with E-state index in [1.54, 1.807) is 26.0 Å². The first-order chi connectivity index (χ1) is 24.9. The van der Waals surface area contributed by atoms with Crippen molar-refractivity contribution in [3.8, 4) is 0 Å². The molecule has 8 fully saturated rings. The third-order valence-electron chi connectivity index (χ3n) is 16.9. The number of esters is 4. The summed E-state index contributed by atoms with van der Waals surface area (Å²) in [5.74, 6) is -5.27. The lowest BCUT2D eigenvalue weighted by atomic mass is 9.59. The highest BCUT2D eigenvalue weighted by Gasteiger charge is 2.86. The van der Waals surface area contributed by atoms with E-state index < -0.39 is 91.4 Å². The first kappa shape index (κ1) is 34.8. The molecule has 6 saturated carbocycles. The third-order valence-corrected chi connectivity index (χ3v) is 16.9. The Hall–Kier alpha value is -3.93. The maximum Gasteiger partial charge on any atom is 0.321 e. The molecule has 2 saturated heterocycles. The van der Waals surface area contributed by atoms with Crippen molar-refractivity contribution in [2.45, 2.75) is 95.4 Å². The van der Waals surface area contributed by atoms with Gasteiger partial charge >= 0.3 is 23.9 Å². The van der Waals surface area contributed by atoms with Crippen LogP contribution >= 0.6 is 0 Å². The van der Waals surface area contributed by atoms with Crippen molar-refractivity contribution >= 4 is 41.2 Å². The Morgan fingerprint density at radius 2 is 1.26 bits per heavy atom. The number of ether oxygens (including phenoxy) is 4. The molecule has 10 rings (SSSR count). The zero-order chi connectivity index (χ0) is 38.1.